The molecule has 0 aromatic heterocycles. The van der Waals surface area contributed by atoms with Crippen molar-refractivity contribution in [1.29, 1.82) is 0 Å². The van der Waals surface area contributed by atoms with Gasteiger partial charge < -0.3 is 4.74 Å². The Morgan fingerprint density at radius 2 is 2.27 bits per heavy atom. The Balaban J connectivity index is 2.04. The van der Waals surface area contributed by atoms with Crippen molar-refractivity contribution in [3.05, 3.63) is 0 Å². The van der Waals surface area contributed by atoms with Gasteiger partial charge in [0.15, 0.2) is 0 Å². The second-order valence-electron chi connectivity index (χ2n) is 3.85. The van der Waals surface area contributed by atoms with Crippen LogP contribution < -0.4 is 0 Å². The smallest absolute Gasteiger partial charge is 0.309 e. The van der Waals surface area contributed by atoms with E-state index in [0.717, 1.165) is 12.8 Å². The molecule has 3 fully saturated rings. The third kappa shape index (κ3) is 0.522. The molecule has 2 aliphatic carbocycles. The summed E-state index contributed by atoms with van der Waals surface area (Å²) in [7, 11) is 0. The fourth-order valence-corrected chi connectivity index (χ4v) is 2.88. The van der Waals surface area contributed by atoms with E-state index in [1.54, 1.807) is 0 Å². The Morgan fingerprint density at radius 3 is 2.91 bits per heavy atom. The van der Waals surface area contributed by atoms with Gasteiger partial charge >= 0.3 is 5.97 Å². The molecule has 0 aromatic carbocycles. The summed E-state index contributed by atoms with van der Waals surface area (Å²) in [5.41, 5.74) is 0. The summed E-state index contributed by atoms with van der Waals surface area (Å²) in [6.45, 7) is 0. The van der Waals surface area contributed by atoms with Gasteiger partial charge in [-0.2, -0.15) is 0 Å². The second kappa shape index (κ2) is 1.59. The predicted octanol–water partition coefficient (Wildman–Crippen LogP) is 0.906. The van der Waals surface area contributed by atoms with E-state index in [1.165, 1.54) is 0 Å². The number of esters is 1. The van der Waals surface area contributed by atoms with Gasteiger partial charge in [0.1, 0.15) is 12.3 Å². The van der Waals surface area contributed by atoms with E-state index in [0.29, 0.717) is 0 Å². The molecule has 60 valence electrons. The number of carbonyl (C=O) groups excluding carboxylic acids is 1. The highest BCUT2D eigenvalue weighted by molar-refractivity contribution is 5.76. The fourth-order valence-electron chi connectivity index (χ4n) is 2.88. The topological polar surface area (TPSA) is 26.3 Å². The van der Waals surface area contributed by atoms with Gasteiger partial charge in [0.05, 0.1) is 5.92 Å². The molecule has 2 nitrogen and oxygen atoms in total. The minimum atomic E-state index is -0.859. The van der Waals surface area contributed by atoms with Crippen LogP contribution in [-0.2, 0) is 9.53 Å². The Labute approximate surface area is 63.7 Å². The molecule has 2 bridgehead atoms. The van der Waals surface area contributed by atoms with Crippen molar-refractivity contribution >= 4 is 5.97 Å². The summed E-state index contributed by atoms with van der Waals surface area (Å²) in [5.74, 6) is 0.253. The molecule has 2 saturated carbocycles. The van der Waals surface area contributed by atoms with Crippen molar-refractivity contribution in [2.24, 2.45) is 17.8 Å². The molecule has 0 unspecified atom stereocenters. The molecule has 0 aromatic rings. The van der Waals surface area contributed by atoms with Crippen molar-refractivity contribution in [1.82, 2.24) is 0 Å². The monoisotopic (exact) mass is 156 g/mol. The van der Waals surface area contributed by atoms with Crippen LogP contribution >= 0.6 is 0 Å². The number of hydrogen-bond donors (Lipinski definition) is 0. The molecule has 1 aliphatic heterocycles. The van der Waals surface area contributed by atoms with E-state index in [4.69, 9.17) is 4.74 Å². The quantitative estimate of drug-likeness (QED) is 0.487. The molecule has 5 atom stereocenters. The molecular weight excluding hydrogens is 147 g/mol. The van der Waals surface area contributed by atoms with Crippen molar-refractivity contribution in [3.8, 4) is 0 Å². The number of alkyl halides is 1. The van der Waals surface area contributed by atoms with Crippen LogP contribution in [0.15, 0.2) is 0 Å². The third-order valence-corrected chi connectivity index (χ3v) is 3.39. The van der Waals surface area contributed by atoms with Crippen molar-refractivity contribution in [2.75, 3.05) is 0 Å². The maximum absolute atomic E-state index is 13.2. The molecule has 3 aliphatic rings. The first-order chi connectivity index (χ1) is 5.27. The number of ether oxygens (including phenoxy) is 1. The van der Waals surface area contributed by atoms with E-state index in [9.17, 15) is 9.18 Å². The molecule has 1 heterocycles. The van der Waals surface area contributed by atoms with Gasteiger partial charge in [0.2, 0.25) is 0 Å². The highest BCUT2D eigenvalue weighted by Crippen LogP contribution is 2.55. The number of halogens is 1. The van der Waals surface area contributed by atoms with E-state index in [2.05, 4.69) is 0 Å². The van der Waals surface area contributed by atoms with Crippen LogP contribution in [0.2, 0.25) is 0 Å². The lowest BCUT2D eigenvalue weighted by Gasteiger charge is -2.17. The van der Waals surface area contributed by atoms with Crippen LogP contribution in [0.1, 0.15) is 12.8 Å². The van der Waals surface area contributed by atoms with Gasteiger partial charge in [-0.25, -0.2) is 4.39 Å². The summed E-state index contributed by atoms with van der Waals surface area (Å²) in [6.07, 6.45) is 0.387. The van der Waals surface area contributed by atoms with Crippen molar-refractivity contribution in [3.63, 3.8) is 0 Å². The average molecular weight is 156 g/mol. The van der Waals surface area contributed by atoms with Crippen LogP contribution in [0.5, 0.6) is 0 Å². The first kappa shape index (κ1) is 5.98. The Bertz CT molecular complexity index is 228. The van der Waals surface area contributed by atoms with Gasteiger partial charge in [-0.3, -0.25) is 4.79 Å². The summed E-state index contributed by atoms with van der Waals surface area (Å²) < 4.78 is 18.1. The largest absolute Gasteiger partial charge is 0.459 e. The van der Waals surface area contributed by atoms with Crippen LogP contribution in [-0.4, -0.2) is 18.2 Å². The average Bonchev–Trinajstić information content (AvgIpc) is 2.53. The molecule has 3 rings (SSSR count). The minimum Gasteiger partial charge on any atom is -0.459 e. The zero-order valence-corrected chi connectivity index (χ0v) is 6.00. The molecule has 11 heavy (non-hydrogen) atoms. The van der Waals surface area contributed by atoms with E-state index in [1.807, 2.05) is 0 Å². The molecule has 1 saturated heterocycles. The lowest BCUT2D eigenvalue weighted by molar-refractivity contribution is -0.144. The van der Waals surface area contributed by atoms with Gasteiger partial charge in [0.25, 0.3) is 0 Å². The van der Waals surface area contributed by atoms with Crippen LogP contribution in [0, 0.1) is 17.8 Å². The van der Waals surface area contributed by atoms with E-state index >= 15 is 0 Å². The van der Waals surface area contributed by atoms with E-state index < -0.39 is 6.17 Å². The number of fused-ring (bicyclic) bond motifs is 1. The molecule has 0 spiro atoms. The van der Waals surface area contributed by atoms with Gasteiger partial charge in [-0.05, 0) is 18.8 Å². The summed E-state index contributed by atoms with van der Waals surface area (Å²) in [6, 6.07) is 0. The van der Waals surface area contributed by atoms with Crippen LogP contribution in [0.25, 0.3) is 0 Å². The zero-order chi connectivity index (χ0) is 7.59. The Morgan fingerprint density at radius 1 is 1.45 bits per heavy atom. The molecule has 0 amide bonds. The first-order valence-electron chi connectivity index (χ1n) is 4.12. The Hall–Kier alpha value is -0.600. The van der Waals surface area contributed by atoms with Crippen LogP contribution in [0.3, 0.4) is 0 Å². The van der Waals surface area contributed by atoms with Crippen molar-refractivity contribution in [2.45, 2.75) is 25.1 Å². The third-order valence-electron chi connectivity index (χ3n) is 3.39. The number of carbonyl (C=O) groups is 1. The summed E-state index contributed by atoms with van der Waals surface area (Å²) >= 11 is 0. The van der Waals surface area contributed by atoms with E-state index in [-0.39, 0.29) is 29.8 Å². The fraction of sp³-hybridized carbons (Fsp3) is 0.875. The highest BCUT2D eigenvalue weighted by atomic mass is 19.1. The van der Waals surface area contributed by atoms with Gasteiger partial charge in [0, 0.05) is 5.92 Å². The normalized spacial score (nSPS) is 58.6. The minimum absolute atomic E-state index is 0.0528. The predicted molar refractivity (Wildman–Crippen MR) is 34.5 cm³/mol. The molecular formula is C8H9FO2. The first-order valence-corrected chi connectivity index (χ1v) is 4.12. The van der Waals surface area contributed by atoms with Gasteiger partial charge in [-0.15, -0.1) is 0 Å². The molecule has 0 radical (unpaired) electrons. The number of rotatable bonds is 0. The molecule has 0 N–H and O–H groups in total. The standard InChI is InChI=1S/C8H9FO2/c9-6-3-1-4-5(2-3)8(10)11-7(4)6/h3-7H,1-2H2/t3-,4-,5+,6+,7+/m1/s1. The van der Waals surface area contributed by atoms with Gasteiger partial charge in [-0.1, -0.05) is 0 Å². The second-order valence-corrected chi connectivity index (χ2v) is 3.85. The SMILES string of the molecule is O=C1O[C@@H]2[C@@H](F)[C@@H]3C[C@@H]2[C@@H]1C3. The molecule has 3 heteroatoms. The number of hydrogen-bond acceptors (Lipinski definition) is 2. The zero-order valence-electron chi connectivity index (χ0n) is 6.00. The summed E-state index contributed by atoms with van der Waals surface area (Å²) in [5, 5.41) is 0. The maximum atomic E-state index is 13.2. The maximum Gasteiger partial charge on any atom is 0.309 e. The Kier molecular flexibility index (Phi) is 0.866. The highest BCUT2D eigenvalue weighted by Gasteiger charge is 2.62. The van der Waals surface area contributed by atoms with Crippen LogP contribution in [0.4, 0.5) is 4.39 Å². The summed E-state index contributed by atoms with van der Waals surface area (Å²) in [4.78, 5) is 11.0. The lowest BCUT2D eigenvalue weighted by atomic mass is 9.89. The van der Waals surface area contributed by atoms with Crippen molar-refractivity contribution < 1.29 is 13.9 Å². The lowest BCUT2D eigenvalue weighted by Crippen LogP contribution is -2.27.